The lowest BCUT2D eigenvalue weighted by Gasteiger charge is -1.91. The molecule has 0 aliphatic carbocycles. The zero-order valence-electron chi connectivity index (χ0n) is 6.23. The maximum absolute atomic E-state index is 2.24. The molecule has 54 valence electrons. The van der Waals surface area contributed by atoms with Crippen LogP contribution >= 0.6 is 23.1 Å². The van der Waals surface area contributed by atoms with E-state index >= 15 is 0 Å². The summed E-state index contributed by atoms with van der Waals surface area (Å²) in [5, 5.41) is 0. The molecule has 0 bridgehead atoms. The smallest absolute Gasteiger partial charge is 0.0244 e. The minimum Gasteiger partial charge on any atom is -0.144 e. The summed E-state index contributed by atoms with van der Waals surface area (Å²) >= 11 is 4.01. The number of aryl methyl sites for hydroxylation is 2. The third kappa shape index (κ3) is 0.823. The first-order chi connectivity index (χ1) is 4.79. The van der Waals surface area contributed by atoms with E-state index in [1.165, 1.54) is 22.6 Å². The van der Waals surface area contributed by atoms with Crippen LogP contribution in [-0.2, 0) is 6.42 Å². The summed E-state index contributed by atoms with van der Waals surface area (Å²) in [6.45, 7) is 4.46. The lowest BCUT2D eigenvalue weighted by atomic mass is 10.2. The highest BCUT2D eigenvalue weighted by molar-refractivity contribution is 7.99. The Labute approximate surface area is 69.6 Å². The van der Waals surface area contributed by atoms with Gasteiger partial charge in [0.25, 0.3) is 0 Å². The number of thiophene rings is 1. The van der Waals surface area contributed by atoms with E-state index in [-0.39, 0.29) is 0 Å². The lowest BCUT2D eigenvalue weighted by molar-refractivity contribution is 1.19. The summed E-state index contributed by atoms with van der Waals surface area (Å²) in [4.78, 5) is 4.72. The van der Waals surface area contributed by atoms with Gasteiger partial charge in [-0.25, -0.2) is 0 Å². The Morgan fingerprint density at radius 2 is 2.10 bits per heavy atom. The van der Waals surface area contributed by atoms with Gasteiger partial charge in [0.1, 0.15) is 0 Å². The van der Waals surface area contributed by atoms with E-state index in [2.05, 4.69) is 13.8 Å². The van der Waals surface area contributed by atoms with Crippen molar-refractivity contribution in [3.63, 3.8) is 0 Å². The molecule has 0 saturated carbocycles. The fourth-order valence-electron chi connectivity index (χ4n) is 1.28. The van der Waals surface area contributed by atoms with Crippen molar-refractivity contribution >= 4 is 23.1 Å². The Morgan fingerprint density at radius 1 is 1.30 bits per heavy atom. The first kappa shape index (κ1) is 6.74. The number of rotatable bonds is 0. The second kappa shape index (κ2) is 2.28. The number of hydrogen-bond donors (Lipinski definition) is 0. The quantitative estimate of drug-likeness (QED) is 0.577. The van der Waals surface area contributed by atoms with Crippen LogP contribution in [0.25, 0.3) is 0 Å². The van der Waals surface area contributed by atoms with Crippen molar-refractivity contribution in [3.8, 4) is 0 Å². The highest BCUT2D eigenvalue weighted by Crippen LogP contribution is 2.40. The second-order valence-electron chi connectivity index (χ2n) is 2.63. The molecule has 0 amide bonds. The molecule has 10 heavy (non-hydrogen) atoms. The van der Waals surface area contributed by atoms with Crippen molar-refractivity contribution in [3.05, 3.63) is 15.3 Å². The molecule has 0 atom stereocenters. The average molecular weight is 170 g/mol. The largest absolute Gasteiger partial charge is 0.144 e. The molecule has 0 nitrogen and oxygen atoms in total. The first-order valence-corrected chi connectivity index (χ1v) is 5.31. The maximum atomic E-state index is 2.24. The van der Waals surface area contributed by atoms with Crippen LogP contribution in [0.1, 0.15) is 15.3 Å². The van der Waals surface area contributed by atoms with Gasteiger partial charge in [0.15, 0.2) is 0 Å². The Kier molecular flexibility index (Phi) is 1.53. The topological polar surface area (TPSA) is 0 Å². The molecule has 0 unspecified atom stereocenters. The van der Waals surface area contributed by atoms with Crippen molar-refractivity contribution in [1.82, 2.24) is 0 Å². The first-order valence-electron chi connectivity index (χ1n) is 3.50. The number of fused-ring (bicyclic) bond motifs is 1. The van der Waals surface area contributed by atoms with Gasteiger partial charge in [0, 0.05) is 20.4 Å². The molecule has 0 aromatic carbocycles. The summed E-state index contributed by atoms with van der Waals surface area (Å²) in [6, 6.07) is 0. The van der Waals surface area contributed by atoms with Gasteiger partial charge in [-0.15, -0.1) is 23.1 Å². The lowest BCUT2D eigenvalue weighted by Crippen LogP contribution is -1.71. The van der Waals surface area contributed by atoms with Crippen molar-refractivity contribution < 1.29 is 0 Å². The molecular weight excluding hydrogens is 160 g/mol. The Morgan fingerprint density at radius 3 is 2.80 bits per heavy atom. The van der Waals surface area contributed by atoms with Crippen LogP contribution in [0.3, 0.4) is 0 Å². The van der Waals surface area contributed by atoms with Crippen molar-refractivity contribution in [2.45, 2.75) is 25.2 Å². The summed E-state index contributed by atoms with van der Waals surface area (Å²) in [7, 11) is 0. The van der Waals surface area contributed by atoms with Crippen LogP contribution in [0, 0.1) is 13.8 Å². The number of hydrogen-bond acceptors (Lipinski definition) is 2. The number of thioether (sulfide) groups is 1. The molecule has 1 aliphatic rings. The highest BCUT2D eigenvalue weighted by Gasteiger charge is 2.17. The summed E-state index contributed by atoms with van der Waals surface area (Å²) in [5.41, 5.74) is 1.53. The molecule has 1 aromatic heterocycles. The minimum atomic E-state index is 1.30. The summed E-state index contributed by atoms with van der Waals surface area (Å²) in [6.07, 6.45) is 1.30. The van der Waals surface area contributed by atoms with E-state index in [0.717, 1.165) is 0 Å². The van der Waals surface area contributed by atoms with E-state index in [1.54, 1.807) is 9.77 Å². The monoisotopic (exact) mass is 170 g/mol. The maximum Gasteiger partial charge on any atom is 0.0244 e. The van der Waals surface area contributed by atoms with Gasteiger partial charge in [0.05, 0.1) is 0 Å². The van der Waals surface area contributed by atoms with E-state index in [1.807, 2.05) is 23.1 Å². The molecule has 0 saturated heterocycles. The van der Waals surface area contributed by atoms with Gasteiger partial charge in [-0.1, -0.05) is 0 Å². The Balaban J connectivity index is 2.59. The molecule has 2 heteroatoms. The molecule has 0 N–H and O–H groups in total. The van der Waals surface area contributed by atoms with E-state index in [9.17, 15) is 0 Å². The van der Waals surface area contributed by atoms with Gasteiger partial charge < -0.3 is 0 Å². The van der Waals surface area contributed by atoms with Crippen molar-refractivity contribution in [2.24, 2.45) is 0 Å². The molecule has 2 rings (SSSR count). The molecule has 0 spiro atoms. The van der Waals surface area contributed by atoms with Crippen LogP contribution in [0.4, 0.5) is 0 Å². The van der Waals surface area contributed by atoms with E-state index in [0.29, 0.717) is 0 Å². The van der Waals surface area contributed by atoms with Crippen LogP contribution in [-0.4, -0.2) is 5.75 Å². The van der Waals surface area contributed by atoms with Crippen LogP contribution in [0.5, 0.6) is 0 Å². The van der Waals surface area contributed by atoms with E-state index in [4.69, 9.17) is 0 Å². The predicted octanol–water partition coefficient (Wildman–Crippen LogP) is 3.01. The van der Waals surface area contributed by atoms with Crippen LogP contribution < -0.4 is 0 Å². The normalized spacial score (nSPS) is 15.8. The highest BCUT2D eigenvalue weighted by atomic mass is 32.2. The molecule has 0 radical (unpaired) electrons. The van der Waals surface area contributed by atoms with Gasteiger partial charge in [-0.3, -0.25) is 0 Å². The molecule has 1 aliphatic heterocycles. The molecule has 1 aromatic rings. The fraction of sp³-hybridized carbons (Fsp3) is 0.500. The third-order valence-corrected chi connectivity index (χ3v) is 4.62. The average Bonchev–Trinajstić information content (AvgIpc) is 2.41. The van der Waals surface area contributed by atoms with Gasteiger partial charge in [-0.05, 0) is 25.8 Å². The van der Waals surface area contributed by atoms with E-state index < -0.39 is 0 Å². The summed E-state index contributed by atoms with van der Waals surface area (Å²) in [5.74, 6) is 1.31. The van der Waals surface area contributed by atoms with Gasteiger partial charge in [0.2, 0.25) is 0 Å². The Bertz CT molecular complexity index is 260. The SMILES string of the molecule is Cc1sc2c(c1C)SCC2. The molecular formula is C8H10S2. The Hall–Kier alpha value is 0.0500. The predicted molar refractivity (Wildman–Crippen MR) is 48.2 cm³/mol. The summed E-state index contributed by atoms with van der Waals surface area (Å²) < 4.78 is 0. The van der Waals surface area contributed by atoms with Crippen molar-refractivity contribution in [2.75, 3.05) is 5.75 Å². The third-order valence-electron chi connectivity index (χ3n) is 1.97. The van der Waals surface area contributed by atoms with Crippen molar-refractivity contribution in [1.29, 1.82) is 0 Å². The zero-order chi connectivity index (χ0) is 7.14. The standard InChI is InChI=1S/C8H10S2/c1-5-6(2)10-7-3-4-9-8(5)7/h3-4H2,1-2H3. The molecule has 2 heterocycles. The minimum absolute atomic E-state index is 1.30. The van der Waals surface area contributed by atoms with Crippen LogP contribution in [0.2, 0.25) is 0 Å². The fourth-order valence-corrected chi connectivity index (χ4v) is 3.99. The van der Waals surface area contributed by atoms with Gasteiger partial charge >= 0.3 is 0 Å². The molecule has 0 fully saturated rings. The second-order valence-corrected chi connectivity index (χ2v) is 5.05. The van der Waals surface area contributed by atoms with Gasteiger partial charge in [-0.2, -0.15) is 0 Å². The van der Waals surface area contributed by atoms with Crippen LogP contribution in [0.15, 0.2) is 4.90 Å². The zero-order valence-corrected chi connectivity index (χ0v) is 7.86.